The fourth-order valence-corrected chi connectivity index (χ4v) is 15.3. The summed E-state index contributed by atoms with van der Waals surface area (Å²) >= 11 is 0. The molecule has 0 aromatic heterocycles. The highest BCUT2D eigenvalue weighted by Crippen LogP contribution is 2.78. The van der Waals surface area contributed by atoms with Crippen LogP contribution >= 0.6 is 0 Å². The predicted molar refractivity (Wildman–Crippen MR) is 177 cm³/mol. The summed E-state index contributed by atoms with van der Waals surface area (Å²) in [7, 11) is 0. The molecule has 1 aromatic rings. The number of anilines is 1. The zero-order chi connectivity index (χ0) is 29.3. The number of aryl methyl sites for hydroxylation is 1. The van der Waals surface area contributed by atoms with Crippen molar-refractivity contribution >= 4 is 12.0 Å². The van der Waals surface area contributed by atoms with Crippen LogP contribution in [-0.2, 0) is 11.2 Å². The Morgan fingerprint density at radius 3 is 2.64 bits per heavy atom. The Balaban J connectivity index is 0.946. The number of hydrogen-bond acceptors (Lipinski definition) is 3. The van der Waals surface area contributed by atoms with Crippen LogP contribution in [0.4, 0.5) is 5.69 Å². The first kappa shape index (κ1) is 27.3. The molecule has 0 amide bonds. The van der Waals surface area contributed by atoms with Gasteiger partial charge in [0.2, 0.25) is 0 Å². The molecule has 234 valence electrons. The first-order valence-corrected chi connectivity index (χ1v) is 19.0. The van der Waals surface area contributed by atoms with Crippen LogP contribution in [-0.4, -0.2) is 18.4 Å². The quantitative estimate of drug-likeness (QED) is 0.277. The van der Waals surface area contributed by atoms with E-state index in [2.05, 4.69) is 41.7 Å². The molecule has 8 aliphatic carbocycles. The van der Waals surface area contributed by atoms with E-state index in [1.807, 2.05) is 0 Å². The lowest BCUT2D eigenvalue weighted by Crippen LogP contribution is -2.44. The van der Waals surface area contributed by atoms with Crippen molar-refractivity contribution in [3.05, 3.63) is 54.1 Å². The van der Waals surface area contributed by atoms with E-state index >= 15 is 0 Å². The van der Waals surface area contributed by atoms with Gasteiger partial charge in [0.15, 0.2) is 0 Å². The second-order valence-electron chi connectivity index (χ2n) is 17.7. The standard InChI is InChI=1S/C41H54N2O/c1-22-9-16-35-39(38-30-14-12-23-6-4-7-28(23)33(30)20-31(22)38)41(35,37(42)21-44)27-13-15-29-26(17-27)19-34-32(29)18-25-11-10-24-5-2-3-8-36(24)43-40(25)34/h2-3,5,8,13,15,21,23,25-35,37-40,43H,1,4,6-7,9-12,14,16-20,42H2/t23-,25-,26+,27-,28-,29+,30-,31+,32-,33+,34+,35+,37-,38+,39+,40+,41+/m0/s1. The molecule has 0 saturated heterocycles. The monoisotopic (exact) mass is 590 g/mol. The Morgan fingerprint density at radius 1 is 0.841 bits per heavy atom. The molecule has 1 aromatic carbocycles. The highest BCUT2D eigenvalue weighted by Gasteiger charge is 2.75. The normalized spacial score (nSPS) is 53.3. The van der Waals surface area contributed by atoms with Gasteiger partial charge in [0.05, 0.1) is 6.04 Å². The Morgan fingerprint density at radius 2 is 1.73 bits per heavy atom. The largest absolute Gasteiger partial charge is 0.382 e. The van der Waals surface area contributed by atoms with Crippen molar-refractivity contribution < 1.29 is 4.79 Å². The van der Waals surface area contributed by atoms with Gasteiger partial charge in [0, 0.05) is 17.1 Å². The molecule has 10 rings (SSSR count). The lowest BCUT2D eigenvalue weighted by Gasteiger charge is -2.41. The molecule has 17 atom stereocenters. The van der Waals surface area contributed by atoms with Crippen molar-refractivity contribution in [1.29, 1.82) is 0 Å². The number of aldehydes is 1. The molecule has 0 spiro atoms. The van der Waals surface area contributed by atoms with Gasteiger partial charge in [0.1, 0.15) is 6.29 Å². The van der Waals surface area contributed by atoms with Crippen LogP contribution in [0.25, 0.3) is 0 Å². The van der Waals surface area contributed by atoms with Gasteiger partial charge in [-0.05, 0) is 165 Å². The molecule has 0 bridgehead atoms. The fourth-order valence-electron chi connectivity index (χ4n) is 15.3. The summed E-state index contributed by atoms with van der Waals surface area (Å²) in [6.07, 6.45) is 24.2. The summed E-state index contributed by atoms with van der Waals surface area (Å²) in [6, 6.07) is 9.39. The third-order valence-corrected chi connectivity index (χ3v) is 16.8. The molecule has 3 nitrogen and oxygen atoms in total. The van der Waals surface area contributed by atoms with Crippen LogP contribution in [0.15, 0.2) is 48.6 Å². The second-order valence-corrected chi connectivity index (χ2v) is 17.7. The van der Waals surface area contributed by atoms with E-state index in [4.69, 9.17) is 12.3 Å². The summed E-state index contributed by atoms with van der Waals surface area (Å²) in [5.74, 6) is 10.8. The third kappa shape index (κ3) is 3.57. The van der Waals surface area contributed by atoms with Crippen molar-refractivity contribution in [2.24, 2.45) is 94.0 Å². The number of carbonyl (C=O) groups is 1. The van der Waals surface area contributed by atoms with Crippen LogP contribution < -0.4 is 11.1 Å². The van der Waals surface area contributed by atoms with Gasteiger partial charge < -0.3 is 15.8 Å². The minimum absolute atomic E-state index is 0.00596. The van der Waals surface area contributed by atoms with E-state index in [0.717, 1.165) is 59.2 Å². The van der Waals surface area contributed by atoms with E-state index in [1.54, 1.807) is 5.57 Å². The summed E-state index contributed by atoms with van der Waals surface area (Å²) in [6.45, 7) is 4.75. The molecule has 3 N–H and O–H groups in total. The van der Waals surface area contributed by atoms with Crippen molar-refractivity contribution in [1.82, 2.24) is 0 Å². The molecule has 3 heteroatoms. The molecule has 0 radical (unpaired) electrons. The number of nitrogens with one attached hydrogen (secondary N) is 1. The van der Waals surface area contributed by atoms with Gasteiger partial charge in [-0.25, -0.2) is 0 Å². The minimum Gasteiger partial charge on any atom is -0.382 e. The molecule has 44 heavy (non-hydrogen) atoms. The smallest absolute Gasteiger partial charge is 0.137 e. The zero-order valence-electron chi connectivity index (χ0n) is 26.7. The lowest BCUT2D eigenvalue weighted by atomic mass is 9.64. The van der Waals surface area contributed by atoms with Crippen LogP contribution in [0.5, 0.6) is 0 Å². The molecule has 0 unspecified atom stereocenters. The average molecular weight is 591 g/mol. The number of hydrogen-bond donors (Lipinski definition) is 2. The SMILES string of the molecule is C=C1CC[C@@H]2[C@H]([C@@H]3[C@H]4CC[C@@H]5CCC[C@@H]5[C@H]4C[C@H]13)[C@]2([C@@H](N)C=O)[C@H]1C=C[C@@H]2[C@@H](C[C@@H]3[C@H]2C[C@@H]2CCc4ccccc4N[C@H]23)C1. The maximum absolute atomic E-state index is 12.8. The van der Waals surface area contributed by atoms with Gasteiger partial charge in [-0.15, -0.1) is 0 Å². The summed E-state index contributed by atoms with van der Waals surface area (Å²) < 4.78 is 0. The van der Waals surface area contributed by atoms with E-state index in [0.29, 0.717) is 29.7 Å². The third-order valence-electron chi connectivity index (χ3n) is 16.8. The summed E-state index contributed by atoms with van der Waals surface area (Å²) in [4.78, 5) is 12.8. The van der Waals surface area contributed by atoms with Crippen molar-refractivity contribution in [2.45, 2.75) is 95.6 Å². The van der Waals surface area contributed by atoms with Gasteiger partial charge in [0.25, 0.3) is 0 Å². The molecule has 7 fully saturated rings. The lowest BCUT2D eigenvalue weighted by molar-refractivity contribution is -0.111. The Bertz CT molecular complexity index is 1380. The maximum atomic E-state index is 12.8. The Hall–Kier alpha value is -1.87. The topological polar surface area (TPSA) is 55.1 Å². The molecule has 1 aliphatic heterocycles. The highest BCUT2D eigenvalue weighted by atomic mass is 16.1. The van der Waals surface area contributed by atoms with Crippen molar-refractivity contribution in [3.8, 4) is 0 Å². The number of benzene rings is 1. The van der Waals surface area contributed by atoms with Gasteiger partial charge in [-0.3, -0.25) is 0 Å². The van der Waals surface area contributed by atoms with E-state index in [9.17, 15) is 4.79 Å². The molecule has 1 heterocycles. The van der Waals surface area contributed by atoms with Crippen LogP contribution in [0.3, 0.4) is 0 Å². The highest BCUT2D eigenvalue weighted by molar-refractivity contribution is 5.62. The van der Waals surface area contributed by atoms with Gasteiger partial charge in [-0.2, -0.15) is 0 Å². The van der Waals surface area contributed by atoms with E-state index < -0.39 is 0 Å². The van der Waals surface area contributed by atoms with E-state index in [1.165, 1.54) is 101 Å². The van der Waals surface area contributed by atoms with Gasteiger partial charge in [-0.1, -0.05) is 55.3 Å². The predicted octanol–water partition coefficient (Wildman–Crippen LogP) is 8.07. The molecular formula is C41H54N2O. The average Bonchev–Trinajstić information content (AvgIpc) is 3.42. The second kappa shape index (κ2) is 9.82. The van der Waals surface area contributed by atoms with Gasteiger partial charge >= 0.3 is 0 Å². The first-order valence-electron chi connectivity index (χ1n) is 19.0. The number of allylic oxidation sites excluding steroid dienone is 3. The number of para-hydroxylation sites is 1. The van der Waals surface area contributed by atoms with E-state index in [-0.39, 0.29) is 11.5 Å². The van der Waals surface area contributed by atoms with Crippen LogP contribution in [0.1, 0.15) is 82.6 Å². The van der Waals surface area contributed by atoms with Crippen molar-refractivity contribution in [2.75, 3.05) is 5.32 Å². The maximum Gasteiger partial charge on any atom is 0.137 e. The molecule has 9 aliphatic rings. The molecule has 7 saturated carbocycles. The van der Waals surface area contributed by atoms with Crippen molar-refractivity contribution in [3.63, 3.8) is 0 Å². The summed E-state index contributed by atoms with van der Waals surface area (Å²) in [5, 5.41) is 4.10. The van der Waals surface area contributed by atoms with Crippen LogP contribution in [0, 0.1) is 88.3 Å². The Labute approximate surface area is 265 Å². The summed E-state index contributed by atoms with van der Waals surface area (Å²) in [5.41, 5.74) is 11.5. The first-order chi connectivity index (χ1) is 21.6. The molecular weight excluding hydrogens is 536 g/mol. The number of rotatable bonds is 3. The number of nitrogens with two attached hydrogens (primary N) is 1. The zero-order valence-corrected chi connectivity index (χ0v) is 26.7. The van der Waals surface area contributed by atoms with Crippen LogP contribution in [0.2, 0.25) is 0 Å². The fraction of sp³-hybridized carbons (Fsp3) is 0.732. The number of carbonyl (C=O) groups excluding carboxylic acids is 1. The Kier molecular flexibility index (Phi) is 6.08. The minimum atomic E-state index is -0.317. The number of fused-ring (bicyclic) bond motifs is 13.